The zero-order valence-electron chi connectivity index (χ0n) is 9.87. The molecule has 2 rings (SSSR count). The molecular weight excluding hydrogens is 283 g/mol. The smallest absolute Gasteiger partial charge is 0.123 e. The highest BCUT2D eigenvalue weighted by molar-refractivity contribution is 9.09. The van der Waals surface area contributed by atoms with Gasteiger partial charge in [0.25, 0.3) is 0 Å². The molecule has 1 aromatic rings. The van der Waals surface area contributed by atoms with Crippen LogP contribution in [0.15, 0.2) is 24.3 Å². The molecule has 0 spiro atoms. The summed E-state index contributed by atoms with van der Waals surface area (Å²) in [5, 5.41) is 0.715. The van der Waals surface area contributed by atoms with Gasteiger partial charge >= 0.3 is 0 Å². The molecule has 1 aliphatic rings. The van der Waals surface area contributed by atoms with E-state index in [2.05, 4.69) is 15.9 Å². The Hall–Kier alpha value is -0.410. The summed E-state index contributed by atoms with van der Waals surface area (Å²) in [5.74, 6) is -0.194. The second kappa shape index (κ2) is 6.50. The topological polar surface area (TPSA) is 9.23 Å². The lowest BCUT2D eigenvalue weighted by atomic mass is 9.97. The van der Waals surface area contributed by atoms with Gasteiger partial charge in [-0.1, -0.05) is 47.3 Å². The number of alkyl halides is 1. The van der Waals surface area contributed by atoms with Crippen LogP contribution in [0.1, 0.15) is 43.8 Å². The van der Waals surface area contributed by atoms with E-state index in [1.165, 1.54) is 25.3 Å². The number of halogens is 2. The fourth-order valence-corrected chi connectivity index (χ4v) is 2.87. The van der Waals surface area contributed by atoms with E-state index in [9.17, 15) is 4.39 Å². The van der Waals surface area contributed by atoms with Gasteiger partial charge in [0.15, 0.2) is 0 Å². The van der Waals surface area contributed by atoms with E-state index >= 15 is 0 Å². The van der Waals surface area contributed by atoms with E-state index in [1.807, 2.05) is 6.07 Å². The van der Waals surface area contributed by atoms with Gasteiger partial charge < -0.3 is 4.74 Å². The Bertz CT molecular complexity index is 350. The number of hydrogen-bond donors (Lipinski definition) is 0. The van der Waals surface area contributed by atoms with Crippen molar-refractivity contribution in [1.29, 1.82) is 0 Å². The predicted octanol–water partition coefficient (Wildman–Crippen LogP) is 4.61. The molecule has 0 aliphatic heterocycles. The number of benzene rings is 1. The fourth-order valence-electron chi connectivity index (χ4n) is 2.34. The van der Waals surface area contributed by atoms with Gasteiger partial charge in [-0.05, 0) is 30.5 Å². The van der Waals surface area contributed by atoms with E-state index < -0.39 is 0 Å². The summed E-state index contributed by atoms with van der Waals surface area (Å²) in [7, 11) is 0. The Morgan fingerprint density at radius 2 is 2.06 bits per heavy atom. The summed E-state index contributed by atoms with van der Waals surface area (Å²) in [6.45, 7) is 0. The maximum absolute atomic E-state index is 13.2. The molecule has 0 saturated heterocycles. The zero-order chi connectivity index (χ0) is 12.1. The lowest BCUT2D eigenvalue weighted by Crippen LogP contribution is -2.20. The van der Waals surface area contributed by atoms with E-state index in [4.69, 9.17) is 4.74 Å². The molecule has 0 heterocycles. The van der Waals surface area contributed by atoms with Crippen molar-refractivity contribution in [2.24, 2.45) is 0 Å². The minimum absolute atomic E-state index is 0.0335. The Morgan fingerprint density at radius 1 is 1.29 bits per heavy atom. The van der Waals surface area contributed by atoms with E-state index in [-0.39, 0.29) is 11.9 Å². The standard InChI is InChI=1S/C14H18BrFO/c15-10-14(11-5-4-6-12(16)9-11)17-13-7-2-1-3-8-13/h4-6,9,13-14H,1-3,7-8,10H2. The normalized spacial score (nSPS) is 19.2. The molecule has 1 unspecified atom stereocenters. The van der Waals surface area contributed by atoms with Crippen LogP contribution in [-0.2, 0) is 4.74 Å². The molecule has 1 aliphatic carbocycles. The van der Waals surface area contributed by atoms with Crippen molar-refractivity contribution in [1.82, 2.24) is 0 Å². The van der Waals surface area contributed by atoms with E-state index in [0.717, 1.165) is 18.4 Å². The van der Waals surface area contributed by atoms with Gasteiger partial charge in [-0.25, -0.2) is 4.39 Å². The average molecular weight is 301 g/mol. The molecular formula is C14H18BrFO. The van der Waals surface area contributed by atoms with Crippen LogP contribution < -0.4 is 0 Å². The van der Waals surface area contributed by atoms with Crippen LogP contribution in [0.3, 0.4) is 0 Å². The van der Waals surface area contributed by atoms with Crippen LogP contribution in [0, 0.1) is 5.82 Å². The highest BCUT2D eigenvalue weighted by Crippen LogP contribution is 2.28. The fraction of sp³-hybridized carbons (Fsp3) is 0.571. The molecule has 94 valence electrons. The summed E-state index contributed by atoms with van der Waals surface area (Å²) in [4.78, 5) is 0. The molecule has 0 N–H and O–H groups in total. The Balaban J connectivity index is 2.00. The van der Waals surface area contributed by atoms with Crippen molar-refractivity contribution >= 4 is 15.9 Å². The minimum Gasteiger partial charge on any atom is -0.369 e. The van der Waals surface area contributed by atoms with Crippen LogP contribution in [0.5, 0.6) is 0 Å². The minimum atomic E-state index is -0.194. The van der Waals surface area contributed by atoms with Crippen LogP contribution in [0.4, 0.5) is 4.39 Å². The van der Waals surface area contributed by atoms with Gasteiger partial charge in [-0.3, -0.25) is 0 Å². The third-order valence-electron chi connectivity index (χ3n) is 3.27. The summed E-state index contributed by atoms with van der Waals surface area (Å²) in [5.41, 5.74) is 0.924. The van der Waals surface area contributed by atoms with Crippen molar-refractivity contribution in [3.05, 3.63) is 35.6 Å². The van der Waals surface area contributed by atoms with Crippen molar-refractivity contribution in [2.45, 2.75) is 44.3 Å². The second-order valence-electron chi connectivity index (χ2n) is 4.59. The highest BCUT2D eigenvalue weighted by atomic mass is 79.9. The third-order valence-corrected chi connectivity index (χ3v) is 3.86. The first kappa shape index (κ1) is 13.0. The quantitative estimate of drug-likeness (QED) is 0.738. The summed E-state index contributed by atoms with van der Waals surface area (Å²) < 4.78 is 19.2. The van der Waals surface area contributed by atoms with E-state index in [0.29, 0.717) is 11.4 Å². The molecule has 3 heteroatoms. The molecule has 1 saturated carbocycles. The molecule has 1 aromatic carbocycles. The van der Waals surface area contributed by atoms with Crippen molar-refractivity contribution in [3.8, 4) is 0 Å². The SMILES string of the molecule is Fc1cccc(C(CBr)OC2CCCCC2)c1. The molecule has 0 bridgehead atoms. The number of rotatable bonds is 4. The first-order valence-corrected chi connectivity index (χ1v) is 7.38. The molecule has 17 heavy (non-hydrogen) atoms. The van der Waals surface area contributed by atoms with Crippen LogP contribution in [0.2, 0.25) is 0 Å². The van der Waals surface area contributed by atoms with Gasteiger partial charge in [-0.15, -0.1) is 0 Å². The lowest BCUT2D eigenvalue weighted by molar-refractivity contribution is -0.0194. The first-order valence-electron chi connectivity index (χ1n) is 6.26. The maximum Gasteiger partial charge on any atom is 0.123 e. The summed E-state index contributed by atoms with van der Waals surface area (Å²) >= 11 is 3.46. The van der Waals surface area contributed by atoms with Gasteiger partial charge in [0, 0.05) is 5.33 Å². The molecule has 1 nitrogen and oxygen atoms in total. The molecule has 0 radical (unpaired) electrons. The largest absolute Gasteiger partial charge is 0.369 e. The Labute approximate surface area is 110 Å². The third kappa shape index (κ3) is 3.78. The first-order chi connectivity index (χ1) is 8.29. The Morgan fingerprint density at radius 3 is 2.71 bits per heavy atom. The van der Waals surface area contributed by atoms with Gasteiger partial charge in [0.1, 0.15) is 5.82 Å². The number of ether oxygens (including phenoxy) is 1. The molecule has 1 fully saturated rings. The van der Waals surface area contributed by atoms with Gasteiger partial charge in [0.05, 0.1) is 12.2 Å². The maximum atomic E-state index is 13.2. The van der Waals surface area contributed by atoms with Gasteiger partial charge in [0.2, 0.25) is 0 Å². The highest BCUT2D eigenvalue weighted by Gasteiger charge is 2.20. The van der Waals surface area contributed by atoms with Gasteiger partial charge in [-0.2, -0.15) is 0 Å². The average Bonchev–Trinajstić information content (AvgIpc) is 2.37. The van der Waals surface area contributed by atoms with Crippen molar-refractivity contribution < 1.29 is 9.13 Å². The summed E-state index contributed by atoms with van der Waals surface area (Å²) in [6.07, 6.45) is 6.41. The van der Waals surface area contributed by atoms with E-state index in [1.54, 1.807) is 12.1 Å². The van der Waals surface area contributed by atoms with Crippen molar-refractivity contribution in [2.75, 3.05) is 5.33 Å². The molecule has 0 aromatic heterocycles. The zero-order valence-corrected chi connectivity index (χ0v) is 11.5. The monoisotopic (exact) mass is 300 g/mol. The summed E-state index contributed by atoms with van der Waals surface area (Å²) in [6, 6.07) is 6.70. The lowest BCUT2D eigenvalue weighted by Gasteiger charge is -2.27. The second-order valence-corrected chi connectivity index (χ2v) is 5.24. The predicted molar refractivity (Wildman–Crippen MR) is 70.9 cm³/mol. The Kier molecular flexibility index (Phi) is 4.99. The molecule has 0 amide bonds. The van der Waals surface area contributed by atoms with Crippen LogP contribution in [0.25, 0.3) is 0 Å². The molecule has 1 atom stereocenters. The van der Waals surface area contributed by atoms with Crippen LogP contribution >= 0.6 is 15.9 Å². The number of hydrogen-bond acceptors (Lipinski definition) is 1. The van der Waals surface area contributed by atoms with Crippen LogP contribution in [-0.4, -0.2) is 11.4 Å². The van der Waals surface area contributed by atoms with Crippen molar-refractivity contribution in [3.63, 3.8) is 0 Å².